The van der Waals surface area contributed by atoms with Crippen LogP contribution < -0.4 is 9.80 Å². The van der Waals surface area contributed by atoms with Gasteiger partial charge in [-0.05, 0) is 244 Å². The van der Waals surface area contributed by atoms with Gasteiger partial charge >= 0.3 is 0 Å². The van der Waals surface area contributed by atoms with Crippen LogP contribution in [0.4, 0.5) is 34.1 Å². The van der Waals surface area contributed by atoms with Crippen molar-refractivity contribution in [3.05, 3.63) is 453 Å². The van der Waals surface area contributed by atoms with Gasteiger partial charge in [0.2, 0.25) is 0 Å². The number of anilines is 6. The molecule has 0 unspecified atom stereocenters. The highest BCUT2D eigenvalue weighted by Gasteiger charge is 2.49. The Labute approximate surface area is 647 Å². The van der Waals surface area contributed by atoms with Gasteiger partial charge in [0.05, 0.1) is 22.2 Å². The van der Waals surface area contributed by atoms with Crippen molar-refractivity contribution in [2.45, 2.75) is 77.0 Å². The molecule has 0 amide bonds. The summed E-state index contributed by atoms with van der Waals surface area (Å²) in [7, 11) is 0. The van der Waals surface area contributed by atoms with E-state index < -0.39 is 10.8 Å². The van der Waals surface area contributed by atoms with Crippen LogP contribution in [0.3, 0.4) is 0 Å². The Balaban J connectivity index is 0.767. The highest BCUT2D eigenvalue weighted by atomic mass is 15.2. The highest BCUT2D eigenvalue weighted by molar-refractivity contribution is 5.99. The maximum absolute atomic E-state index is 2.59. The summed E-state index contributed by atoms with van der Waals surface area (Å²) in [6.07, 6.45) is 0. The first-order chi connectivity index (χ1) is 53.7. The summed E-state index contributed by atoms with van der Waals surface area (Å²) in [6.45, 7) is 18.8. The molecule has 4 aliphatic rings. The zero-order chi connectivity index (χ0) is 74.4. The average Bonchev–Trinajstić information content (AvgIpc) is 1.53. The molecule has 110 heavy (non-hydrogen) atoms. The second-order valence-electron chi connectivity index (χ2n) is 32.0. The van der Waals surface area contributed by atoms with Gasteiger partial charge in [0.1, 0.15) is 0 Å². The third-order valence-corrected chi connectivity index (χ3v) is 25.3. The third kappa shape index (κ3) is 9.81. The first-order valence-corrected chi connectivity index (χ1v) is 39.0. The van der Waals surface area contributed by atoms with Crippen molar-refractivity contribution in [1.29, 1.82) is 0 Å². The molecule has 0 aliphatic heterocycles. The standard InChI is InChI=1S/C108H84N2/c1-69-31-29-45-83(75-51-57-89-85-41-21-25-47-93(85)105(5,6)97(89)65-75)103(69)109(81-55-59-91-87-43-23-27-49-95(87)107(99(91)67-81,77-33-13-9-14-34-77)78-35-15-10-16-36-78)101-61-53-73(63-71(101)3)74-54-62-102(72(4)64-74)110(104-70(2)32-30-46-84(104)76-52-58-90-86-42-22-26-48-94(86)106(7,8)98(90)66-76)82-56-60-92-88-44-24-28-50-96(88)108(100(92)68-82,79-37-17-11-18-38-79)80-39-19-12-20-40-80/h9-68H,1-8H3. The minimum absolute atomic E-state index is 0.176. The SMILES string of the molecule is Cc1cc(-c2ccc(N(c3ccc4c(c3)C(c3ccccc3)(c3ccccc3)c3ccccc3-4)c3c(C)cccc3-c3ccc4c(c3)C(C)(C)c3ccccc3-4)c(C)c2)ccc1N(c1ccc2c(c1)C(c1ccccc1)(c1ccccc1)c1ccccc1-2)c1c(C)cccc1-c1ccc2c(c1)C(C)(C)c1ccccc1-2. The number of fused-ring (bicyclic) bond motifs is 12. The number of benzene rings is 16. The summed E-state index contributed by atoms with van der Waals surface area (Å²) in [4.78, 5) is 5.18. The summed E-state index contributed by atoms with van der Waals surface area (Å²) in [6, 6.07) is 138. The van der Waals surface area contributed by atoms with Crippen molar-refractivity contribution in [2.24, 2.45) is 0 Å². The van der Waals surface area contributed by atoms with Crippen molar-refractivity contribution in [3.8, 4) is 77.9 Å². The molecule has 0 N–H and O–H groups in total. The highest BCUT2D eigenvalue weighted by Crippen LogP contribution is 2.62. The Kier molecular flexibility index (Phi) is 15.4. The number of nitrogens with zero attached hydrogens (tertiary/aromatic N) is 2. The van der Waals surface area contributed by atoms with E-state index in [1.165, 1.54) is 145 Å². The molecule has 0 heterocycles. The second kappa shape index (κ2) is 25.4. The van der Waals surface area contributed by atoms with E-state index in [0.29, 0.717) is 0 Å². The fourth-order valence-corrected chi connectivity index (χ4v) is 20.2. The van der Waals surface area contributed by atoms with Gasteiger partial charge in [-0.15, -0.1) is 0 Å². The summed E-state index contributed by atoms with van der Waals surface area (Å²) >= 11 is 0. The lowest BCUT2D eigenvalue weighted by Crippen LogP contribution is -2.28. The lowest BCUT2D eigenvalue weighted by molar-refractivity contribution is 0.660. The van der Waals surface area contributed by atoms with E-state index in [0.717, 1.165) is 56.4 Å². The molecule has 20 rings (SSSR count). The number of aryl methyl sites for hydroxylation is 4. The molecule has 0 fully saturated rings. The van der Waals surface area contributed by atoms with E-state index in [9.17, 15) is 0 Å². The van der Waals surface area contributed by atoms with Crippen LogP contribution in [0.15, 0.2) is 364 Å². The molecule has 0 atom stereocenters. The van der Waals surface area contributed by atoms with Crippen LogP contribution in [0.25, 0.3) is 77.9 Å². The molecule has 2 heteroatoms. The smallest absolute Gasteiger partial charge is 0.0714 e. The first kappa shape index (κ1) is 66.5. The van der Waals surface area contributed by atoms with E-state index in [2.05, 4.69) is 429 Å². The predicted octanol–water partition coefficient (Wildman–Crippen LogP) is 28.2. The van der Waals surface area contributed by atoms with Gasteiger partial charge in [0, 0.05) is 44.7 Å². The Morgan fingerprint density at radius 1 is 0.191 bits per heavy atom. The van der Waals surface area contributed by atoms with Gasteiger partial charge < -0.3 is 9.80 Å². The van der Waals surface area contributed by atoms with Gasteiger partial charge in [-0.2, -0.15) is 0 Å². The fraction of sp³-hybridized carbons (Fsp3) is 0.111. The monoisotopic (exact) mass is 1410 g/mol. The molecule has 0 bridgehead atoms. The van der Waals surface area contributed by atoms with Crippen LogP contribution in [-0.4, -0.2) is 0 Å². The minimum atomic E-state index is -0.599. The fourth-order valence-electron chi connectivity index (χ4n) is 20.2. The molecule has 4 aliphatic carbocycles. The van der Waals surface area contributed by atoms with Crippen molar-refractivity contribution in [1.82, 2.24) is 0 Å². The van der Waals surface area contributed by atoms with Crippen molar-refractivity contribution in [2.75, 3.05) is 9.80 Å². The summed E-state index contributed by atoms with van der Waals surface area (Å²) in [5, 5.41) is 0. The molecule has 0 radical (unpaired) electrons. The zero-order valence-electron chi connectivity index (χ0n) is 63.5. The van der Waals surface area contributed by atoms with E-state index in [-0.39, 0.29) is 10.8 Å². The molecule has 16 aromatic carbocycles. The first-order valence-electron chi connectivity index (χ1n) is 39.0. The van der Waals surface area contributed by atoms with Gasteiger partial charge in [-0.1, -0.05) is 331 Å². The van der Waals surface area contributed by atoms with Crippen LogP contribution in [0.2, 0.25) is 0 Å². The van der Waals surface area contributed by atoms with Crippen molar-refractivity contribution in [3.63, 3.8) is 0 Å². The summed E-state index contributed by atoms with van der Waals surface area (Å²) in [5.41, 5.74) is 42.8. The maximum atomic E-state index is 2.59. The van der Waals surface area contributed by atoms with E-state index in [1.54, 1.807) is 0 Å². The Hall–Kier alpha value is -12.9. The molecule has 0 saturated carbocycles. The topological polar surface area (TPSA) is 6.48 Å². The predicted molar refractivity (Wildman–Crippen MR) is 461 cm³/mol. The van der Waals surface area contributed by atoms with Crippen LogP contribution in [-0.2, 0) is 21.7 Å². The van der Waals surface area contributed by atoms with E-state index in [1.807, 2.05) is 0 Å². The van der Waals surface area contributed by atoms with Crippen LogP contribution >= 0.6 is 0 Å². The largest absolute Gasteiger partial charge is 0.309 e. The van der Waals surface area contributed by atoms with Gasteiger partial charge in [-0.25, -0.2) is 0 Å². The van der Waals surface area contributed by atoms with Crippen molar-refractivity contribution >= 4 is 34.1 Å². The molecule has 2 nitrogen and oxygen atoms in total. The van der Waals surface area contributed by atoms with Gasteiger partial charge in [0.15, 0.2) is 0 Å². The summed E-state index contributed by atoms with van der Waals surface area (Å²) < 4.78 is 0. The Bertz CT molecular complexity index is 5930. The Morgan fingerprint density at radius 2 is 0.473 bits per heavy atom. The Morgan fingerprint density at radius 3 is 0.827 bits per heavy atom. The molecular formula is C108H84N2. The number of para-hydroxylation sites is 2. The molecule has 0 spiro atoms. The molecule has 16 aromatic rings. The lowest BCUT2D eigenvalue weighted by atomic mass is 9.67. The molecular weight excluding hydrogens is 1330 g/mol. The lowest BCUT2D eigenvalue weighted by Gasteiger charge is -2.36. The molecule has 526 valence electrons. The van der Waals surface area contributed by atoms with Crippen LogP contribution in [0.1, 0.15) is 117 Å². The normalized spacial score (nSPS) is 14.3. The number of rotatable bonds is 13. The number of hydrogen-bond acceptors (Lipinski definition) is 2. The third-order valence-electron chi connectivity index (χ3n) is 25.3. The van der Waals surface area contributed by atoms with Crippen LogP contribution in [0, 0.1) is 27.7 Å². The molecule has 0 saturated heterocycles. The van der Waals surface area contributed by atoms with E-state index >= 15 is 0 Å². The van der Waals surface area contributed by atoms with Gasteiger partial charge in [0.25, 0.3) is 0 Å². The minimum Gasteiger partial charge on any atom is -0.309 e. The van der Waals surface area contributed by atoms with Crippen LogP contribution in [0.5, 0.6) is 0 Å². The van der Waals surface area contributed by atoms with Crippen molar-refractivity contribution < 1.29 is 0 Å². The maximum Gasteiger partial charge on any atom is 0.0714 e. The van der Waals surface area contributed by atoms with E-state index in [4.69, 9.17) is 0 Å². The second-order valence-corrected chi connectivity index (χ2v) is 32.0. The average molecular weight is 1410 g/mol. The summed E-state index contributed by atoms with van der Waals surface area (Å²) in [5.74, 6) is 0. The zero-order valence-corrected chi connectivity index (χ0v) is 63.5. The van der Waals surface area contributed by atoms with Gasteiger partial charge in [-0.3, -0.25) is 0 Å². The quantitative estimate of drug-likeness (QED) is 0.114. The number of hydrogen-bond donors (Lipinski definition) is 0. The molecule has 0 aromatic heterocycles.